The van der Waals surface area contributed by atoms with E-state index in [1.54, 1.807) is 0 Å². The Morgan fingerprint density at radius 2 is 1.92 bits per heavy atom. The van der Waals surface area contributed by atoms with Crippen molar-refractivity contribution >= 4 is 5.91 Å². The molecule has 4 unspecified atom stereocenters. The van der Waals surface area contributed by atoms with E-state index in [0.717, 1.165) is 50.9 Å². The maximum Gasteiger partial charge on any atom is 0.229 e. The molecule has 0 spiro atoms. The summed E-state index contributed by atoms with van der Waals surface area (Å²) in [4.78, 5) is 15.7. The van der Waals surface area contributed by atoms with Gasteiger partial charge in [-0.05, 0) is 51.1 Å². The van der Waals surface area contributed by atoms with Crippen molar-refractivity contribution in [3.05, 3.63) is 35.4 Å². The van der Waals surface area contributed by atoms with E-state index in [0.29, 0.717) is 18.0 Å². The van der Waals surface area contributed by atoms with E-state index in [-0.39, 0.29) is 12.0 Å². The number of nitrogens with zero attached hydrogens (tertiary/aromatic N) is 1. The number of fused-ring (bicyclic) bond motifs is 2. The summed E-state index contributed by atoms with van der Waals surface area (Å²) in [7, 11) is 0. The van der Waals surface area contributed by atoms with E-state index in [9.17, 15) is 4.79 Å². The predicted octanol–water partition coefficient (Wildman–Crippen LogP) is 2.82. The quantitative estimate of drug-likeness (QED) is 0.908. The summed E-state index contributed by atoms with van der Waals surface area (Å²) >= 11 is 0. The van der Waals surface area contributed by atoms with Crippen molar-refractivity contribution in [2.24, 2.45) is 5.92 Å². The van der Waals surface area contributed by atoms with Crippen molar-refractivity contribution in [2.45, 2.75) is 57.2 Å². The highest BCUT2D eigenvalue weighted by atomic mass is 16.5. The van der Waals surface area contributed by atoms with Gasteiger partial charge in [0.1, 0.15) is 0 Å². The van der Waals surface area contributed by atoms with Crippen LogP contribution in [0.5, 0.6) is 0 Å². The zero-order valence-electron chi connectivity index (χ0n) is 14.5. The average molecular weight is 328 g/mol. The molecule has 0 radical (unpaired) electrons. The summed E-state index contributed by atoms with van der Waals surface area (Å²) in [5.41, 5.74) is 2.40. The largest absolute Gasteiger partial charge is 0.373 e. The van der Waals surface area contributed by atoms with Gasteiger partial charge in [-0.25, -0.2) is 0 Å². The molecule has 3 heterocycles. The number of nitrogens with one attached hydrogen (secondary N) is 1. The third-order valence-electron chi connectivity index (χ3n) is 5.95. The smallest absolute Gasteiger partial charge is 0.229 e. The Hall–Kier alpha value is -1.39. The van der Waals surface area contributed by atoms with Crippen LogP contribution in [0.3, 0.4) is 0 Å². The summed E-state index contributed by atoms with van der Waals surface area (Å²) in [6.45, 7) is 4.84. The Morgan fingerprint density at radius 1 is 1.12 bits per heavy atom. The van der Waals surface area contributed by atoms with Gasteiger partial charge in [-0.3, -0.25) is 4.79 Å². The number of hydrogen-bond donors (Lipinski definition) is 1. The monoisotopic (exact) mass is 328 g/mol. The summed E-state index contributed by atoms with van der Waals surface area (Å²) in [6, 6.07) is 9.31. The minimum absolute atomic E-state index is 0.0253. The normalized spacial score (nSPS) is 33.3. The average Bonchev–Trinajstić information content (AvgIpc) is 2.88. The second-order valence-corrected chi connectivity index (χ2v) is 7.57. The zero-order chi connectivity index (χ0) is 16.5. The number of amides is 1. The van der Waals surface area contributed by atoms with E-state index in [1.165, 1.54) is 12.0 Å². The summed E-state index contributed by atoms with van der Waals surface area (Å²) in [5.74, 6) is 0.305. The van der Waals surface area contributed by atoms with Gasteiger partial charge < -0.3 is 15.0 Å². The first-order valence-electron chi connectivity index (χ1n) is 9.45. The zero-order valence-corrected chi connectivity index (χ0v) is 14.5. The topological polar surface area (TPSA) is 41.6 Å². The Kier molecular flexibility index (Phi) is 4.59. The van der Waals surface area contributed by atoms with Gasteiger partial charge in [0.2, 0.25) is 5.91 Å². The van der Waals surface area contributed by atoms with Gasteiger partial charge in [-0.15, -0.1) is 0 Å². The van der Waals surface area contributed by atoms with E-state index >= 15 is 0 Å². The first-order valence-corrected chi connectivity index (χ1v) is 9.45. The first kappa shape index (κ1) is 16.1. The van der Waals surface area contributed by atoms with Gasteiger partial charge in [-0.1, -0.05) is 29.8 Å². The van der Waals surface area contributed by atoms with Gasteiger partial charge in [0.05, 0.1) is 12.0 Å². The van der Waals surface area contributed by atoms with Gasteiger partial charge in [-0.2, -0.15) is 0 Å². The molecule has 1 aromatic rings. The number of hydrogen-bond acceptors (Lipinski definition) is 3. The fraction of sp³-hybridized carbons (Fsp3) is 0.650. The first-order chi connectivity index (χ1) is 11.7. The number of ether oxygens (including phenoxy) is 1. The lowest BCUT2D eigenvalue weighted by atomic mass is 9.87. The Labute approximate surface area is 144 Å². The van der Waals surface area contributed by atoms with Gasteiger partial charge in [0, 0.05) is 25.2 Å². The van der Waals surface area contributed by atoms with E-state index < -0.39 is 0 Å². The van der Waals surface area contributed by atoms with Crippen molar-refractivity contribution in [1.29, 1.82) is 0 Å². The molecule has 3 fully saturated rings. The molecule has 130 valence electrons. The van der Waals surface area contributed by atoms with Crippen LogP contribution in [-0.2, 0) is 9.53 Å². The van der Waals surface area contributed by atoms with Crippen LogP contribution >= 0.6 is 0 Å². The van der Waals surface area contributed by atoms with Crippen LogP contribution in [0.1, 0.15) is 49.3 Å². The molecule has 1 amide bonds. The second kappa shape index (κ2) is 6.85. The SMILES string of the molecule is Cc1ccc(C2OCCCC2C(=O)N2C3CCNCC2CC3)cc1. The lowest BCUT2D eigenvalue weighted by molar-refractivity contribution is -0.148. The fourth-order valence-electron chi connectivity index (χ4n) is 4.65. The van der Waals surface area contributed by atoms with Crippen molar-refractivity contribution < 1.29 is 9.53 Å². The lowest BCUT2D eigenvalue weighted by Crippen LogP contribution is -2.47. The van der Waals surface area contributed by atoms with E-state index in [4.69, 9.17) is 4.74 Å². The highest BCUT2D eigenvalue weighted by Crippen LogP contribution is 2.38. The molecule has 2 bridgehead atoms. The van der Waals surface area contributed by atoms with Crippen LogP contribution in [0.4, 0.5) is 0 Å². The number of rotatable bonds is 2. The van der Waals surface area contributed by atoms with Gasteiger partial charge in [0.15, 0.2) is 0 Å². The molecule has 4 heteroatoms. The number of carbonyl (C=O) groups excluding carboxylic acids is 1. The van der Waals surface area contributed by atoms with Crippen molar-refractivity contribution in [2.75, 3.05) is 19.7 Å². The van der Waals surface area contributed by atoms with Crippen molar-refractivity contribution in [3.8, 4) is 0 Å². The number of aryl methyl sites for hydroxylation is 1. The molecule has 4 nitrogen and oxygen atoms in total. The molecular formula is C20H28N2O2. The second-order valence-electron chi connectivity index (χ2n) is 7.57. The van der Waals surface area contributed by atoms with Gasteiger partial charge in [0.25, 0.3) is 0 Å². The van der Waals surface area contributed by atoms with E-state index in [1.807, 2.05) is 0 Å². The van der Waals surface area contributed by atoms with Crippen LogP contribution in [0, 0.1) is 12.8 Å². The standard InChI is InChI=1S/C20H28N2O2/c1-14-4-6-15(7-5-14)19-18(3-2-12-24-19)20(23)22-16-8-9-17(22)13-21-11-10-16/h4-7,16-19,21H,2-3,8-13H2,1H3. The summed E-state index contributed by atoms with van der Waals surface area (Å²) in [5, 5.41) is 3.49. The molecule has 3 aliphatic heterocycles. The lowest BCUT2D eigenvalue weighted by Gasteiger charge is -2.37. The minimum Gasteiger partial charge on any atom is -0.373 e. The molecule has 4 atom stereocenters. The Morgan fingerprint density at radius 3 is 2.75 bits per heavy atom. The van der Waals surface area contributed by atoms with E-state index in [2.05, 4.69) is 41.4 Å². The molecule has 0 aromatic heterocycles. The highest BCUT2D eigenvalue weighted by molar-refractivity contribution is 5.81. The maximum absolute atomic E-state index is 13.4. The third kappa shape index (κ3) is 2.98. The minimum atomic E-state index is -0.0811. The van der Waals surface area contributed by atoms with Crippen LogP contribution < -0.4 is 5.32 Å². The van der Waals surface area contributed by atoms with Crippen LogP contribution in [0.25, 0.3) is 0 Å². The number of benzene rings is 1. The third-order valence-corrected chi connectivity index (χ3v) is 5.95. The molecule has 3 saturated heterocycles. The Balaban J connectivity index is 1.58. The molecular weight excluding hydrogens is 300 g/mol. The highest BCUT2D eigenvalue weighted by Gasteiger charge is 2.43. The summed E-state index contributed by atoms with van der Waals surface area (Å²) < 4.78 is 6.09. The number of carbonyl (C=O) groups is 1. The van der Waals surface area contributed by atoms with Crippen LogP contribution in [0.2, 0.25) is 0 Å². The molecule has 0 aliphatic carbocycles. The maximum atomic E-state index is 13.4. The molecule has 1 aromatic carbocycles. The Bertz CT molecular complexity index is 572. The molecule has 1 N–H and O–H groups in total. The molecule has 24 heavy (non-hydrogen) atoms. The van der Waals surface area contributed by atoms with Crippen LogP contribution in [-0.4, -0.2) is 42.6 Å². The molecule has 0 saturated carbocycles. The van der Waals surface area contributed by atoms with Crippen molar-refractivity contribution in [3.63, 3.8) is 0 Å². The molecule has 4 rings (SSSR count). The predicted molar refractivity (Wildman–Crippen MR) is 93.7 cm³/mol. The van der Waals surface area contributed by atoms with Crippen LogP contribution in [0.15, 0.2) is 24.3 Å². The summed E-state index contributed by atoms with van der Waals surface area (Å²) in [6.07, 6.45) is 5.25. The fourth-order valence-corrected chi connectivity index (χ4v) is 4.65. The van der Waals surface area contributed by atoms with Gasteiger partial charge >= 0.3 is 0 Å². The van der Waals surface area contributed by atoms with Crippen molar-refractivity contribution in [1.82, 2.24) is 10.2 Å². The molecule has 3 aliphatic rings.